The summed E-state index contributed by atoms with van der Waals surface area (Å²) in [4.78, 5) is 35.7. The number of carbonyl (C=O) groups excluding carboxylic acids is 2. The predicted molar refractivity (Wildman–Crippen MR) is 133 cm³/mol. The first-order chi connectivity index (χ1) is 17.0. The summed E-state index contributed by atoms with van der Waals surface area (Å²) in [5.41, 5.74) is 3.14. The minimum absolute atomic E-state index is 0.166. The Labute approximate surface area is 206 Å². The maximum absolute atomic E-state index is 13.7. The SMILES string of the molecule is CCOC(=O)C1=CN(C(=O)c2cccnc2Oc2ccc(Cl)cc2)CCc2c1[nH]c1ccccc21. The third-order valence-corrected chi connectivity index (χ3v) is 6.01. The van der Waals surface area contributed by atoms with Crippen LogP contribution in [0.5, 0.6) is 11.6 Å². The van der Waals surface area contributed by atoms with E-state index < -0.39 is 5.97 Å². The molecule has 7 nitrogen and oxygen atoms in total. The van der Waals surface area contributed by atoms with E-state index in [1.54, 1.807) is 55.7 Å². The van der Waals surface area contributed by atoms with E-state index in [0.29, 0.717) is 35.0 Å². The van der Waals surface area contributed by atoms with Gasteiger partial charge in [-0.25, -0.2) is 9.78 Å². The lowest BCUT2D eigenvalue weighted by atomic mass is 10.0. The number of H-pyrrole nitrogens is 1. The Hall–Kier alpha value is -4.10. The van der Waals surface area contributed by atoms with Gasteiger partial charge in [-0.05, 0) is 61.4 Å². The number of benzene rings is 2. The molecule has 0 unspecified atom stereocenters. The van der Waals surface area contributed by atoms with Crippen LogP contribution in [-0.4, -0.2) is 39.9 Å². The quantitative estimate of drug-likeness (QED) is 0.370. The summed E-state index contributed by atoms with van der Waals surface area (Å²) < 4.78 is 11.2. The fourth-order valence-corrected chi connectivity index (χ4v) is 4.26. The summed E-state index contributed by atoms with van der Waals surface area (Å²) in [5, 5.41) is 1.59. The molecule has 0 bridgehead atoms. The number of esters is 1. The Bertz CT molecular complexity index is 1440. The fraction of sp³-hybridized carbons (Fsp3) is 0.148. The number of aromatic amines is 1. The third kappa shape index (κ3) is 4.50. The molecule has 0 fully saturated rings. The van der Waals surface area contributed by atoms with Gasteiger partial charge in [0.15, 0.2) is 0 Å². The lowest BCUT2D eigenvalue weighted by Gasteiger charge is -2.19. The maximum Gasteiger partial charge on any atom is 0.341 e. The van der Waals surface area contributed by atoms with Crippen LogP contribution in [0.2, 0.25) is 5.02 Å². The van der Waals surface area contributed by atoms with Crippen LogP contribution >= 0.6 is 11.6 Å². The molecule has 35 heavy (non-hydrogen) atoms. The molecule has 4 aromatic rings. The van der Waals surface area contributed by atoms with Crippen molar-refractivity contribution in [1.82, 2.24) is 14.9 Å². The van der Waals surface area contributed by atoms with E-state index in [1.807, 2.05) is 24.3 Å². The summed E-state index contributed by atoms with van der Waals surface area (Å²) in [6.45, 7) is 2.34. The van der Waals surface area contributed by atoms with E-state index in [2.05, 4.69) is 9.97 Å². The molecule has 0 atom stereocenters. The smallest absolute Gasteiger partial charge is 0.341 e. The zero-order valence-electron chi connectivity index (χ0n) is 19.0. The number of hydrogen-bond donors (Lipinski definition) is 1. The molecular formula is C27H22ClN3O4. The minimum Gasteiger partial charge on any atom is -0.462 e. The van der Waals surface area contributed by atoms with Gasteiger partial charge >= 0.3 is 5.97 Å². The highest BCUT2D eigenvalue weighted by Crippen LogP contribution is 2.32. The number of nitrogens with zero attached hydrogens (tertiary/aromatic N) is 2. The van der Waals surface area contributed by atoms with E-state index in [0.717, 1.165) is 16.5 Å². The number of nitrogens with one attached hydrogen (secondary N) is 1. The van der Waals surface area contributed by atoms with Crippen LogP contribution in [0.1, 0.15) is 28.5 Å². The van der Waals surface area contributed by atoms with E-state index >= 15 is 0 Å². The number of hydrogen-bond acceptors (Lipinski definition) is 5. The number of halogens is 1. The van der Waals surface area contributed by atoms with Gasteiger partial charge in [0.05, 0.1) is 17.9 Å². The summed E-state index contributed by atoms with van der Waals surface area (Å²) in [7, 11) is 0. The van der Waals surface area contributed by atoms with Gasteiger partial charge in [-0.2, -0.15) is 0 Å². The van der Waals surface area contributed by atoms with Crippen molar-refractivity contribution in [1.29, 1.82) is 0 Å². The molecule has 1 N–H and O–H groups in total. The largest absolute Gasteiger partial charge is 0.462 e. The molecule has 0 aliphatic carbocycles. The lowest BCUT2D eigenvalue weighted by molar-refractivity contribution is -0.136. The summed E-state index contributed by atoms with van der Waals surface area (Å²) in [6.07, 6.45) is 3.67. The van der Waals surface area contributed by atoms with Gasteiger partial charge in [0.25, 0.3) is 5.91 Å². The first-order valence-electron chi connectivity index (χ1n) is 11.2. The molecule has 8 heteroatoms. The van der Waals surface area contributed by atoms with Crippen molar-refractivity contribution in [3.63, 3.8) is 0 Å². The Morgan fingerprint density at radius 2 is 1.89 bits per heavy atom. The molecule has 1 aliphatic rings. The number of pyridine rings is 1. The van der Waals surface area contributed by atoms with Crippen molar-refractivity contribution >= 4 is 40.0 Å². The van der Waals surface area contributed by atoms with E-state index in [1.165, 1.54) is 4.90 Å². The van der Waals surface area contributed by atoms with Crippen LogP contribution in [0.25, 0.3) is 16.5 Å². The second-order valence-corrected chi connectivity index (χ2v) is 8.38. The molecule has 3 heterocycles. The van der Waals surface area contributed by atoms with Gasteiger partial charge in [-0.15, -0.1) is 0 Å². The van der Waals surface area contributed by atoms with Crippen LogP contribution in [0.3, 0.4) is 0 Å². The fourth-order valence-electron chi connectivity index (χ4n) is 4.13. The highest BCUT2D eigenvalue weighted by Gasteiger charge is 2.29. The van der Waals surface area contributed by atoms with Crippen molar-refractivity contribution in [2.75, 3.05) is 13.2 Å². The molecule has 2 aromatic heterocycles. The Morgan fingerprint density at radius 1 is 1.09 bits per heavy atom. The van der Waals surface area contributed by atoms with Crippen molar-refractivity contribution in [3.05, 3.63) is 94.9 Å². The second kappa shape index (κ2) is 9.64. The molecule has 5 rings (SSSR count). The molecule has 2 aromatic carbocycles. The summed E-state index contributed by atoms with van der Waals surface area (Å²) in [5.74, 6) is -0.163. The number of para-hydroxylation sites is 1. The average Bonchev–Trinajstić information content (AvgIpc) is 3.13. The number of fused-ring (bicyclic) bond motifs is 3. The van der Waals surface area contributed by atoms with Gasteiger partial charge in [0.1, 0.15) is 11.3 Å². The van der Waals surface area contributed by atoms with Gasteiger partial charge in [0, 0.05) is 34.9 Å². The molecule has 176 valence electrons. The summed E-state index contributed by atoms with van der Waals surface area (Å²) >= 11 is 5.96. The average molecular weight is 488 g/mol. The molecular weight excluding hydrogens is 466 g/mol. The highest BCUT2D eigenvalue weighted by atomic mass is 35.5. The van der Waals surface area contributed by atoms with Crippen LogP contribution in [0.15, 0.2) is 73.1 Å². The number of aromatic nitrogens is 2. The normalized spacial score (nSPS) is 13.1. The van der Waals surface area contributed by atoms with Crippen LogP contribution in [0, 0.1) is 0 Å². The molecule has 1 aliphatic heterocycles. The molecule has 1 amide bonds. The Kier molecular flexibility index (Phi) is 6.25. The molecule has 0 saturated heterocycles. The first kappa shape index (κ1) is 22.7. The van der Waals surface area contributed by atoms with Gasteiger partial charge in [-0.3, -0.25) is 4.79 Å². The van der Waals surface area contributed by atoms with Crippen LogP contribution < -0.4 is 4.74 Å². The third-order valence-electron chi connectivity index (χ3n) is 5.76. The number of amides is 1. The monoisotopic (exact) mass is 487 g/mol. The Morgan fingerprint density at radius 3 is 2.69 bits per heavy atom. The van der Waals surface area contributed by atoms with Gasteiger partial charge < -0.3 is 19.4 Å². The van der Waals surface area contributed by atoms with Crippen LogP contribution in [0.4, 0.5) is 0 Å². The second-order valence-electron chi connectivity index (χ2n) is 7.95. The topological polar surface area (TPSA) is 84.5 Å². The first-order valence-corrected chi connectivity index (χ1v) is 11.6. The van der Waals surface area contributed by atoms with Crippen LogP contribution in [-0.2, 0) is 16.0 Å². The molecule has 0 radical (unpaired) electrons. The lowest BCUT2D eigenvalue weighted by Crippen LogP contribution is -2.28. The summed E-state index contributed by atoms with van der Waals surface area (Å²) in [6, 6.07) is 18.0. The van der Waals surface area contributed by atoms with E-state index in [4.69, 9.17) is 21.1 Å². The van der Waals surface area contributed by atoms with Crippen molar-refractivity contribution in [2.45, 2.75) is 13.3 Å². The highest BCUT2D eigenvalue weighted by molar-refractivity contribution is 6.30. The zero-order chi connectivity index (χ0) is 24.4. The molecule has 0 saturated carbocycles. The number of ether oxygens (including phenoxy) is 2. The maximum atomic E-state index is 13.7. The number of carbonyl (C=O) groups is 2. The predicted octanol–water partition coefficient (Wildman–Crippen LogP) is 5.61. The van der Waals surface area contributed by atoms with Crippen molar-refractivity contribution < 1.29 is 19.1 Å². The van der Waals surface area contributed by atoms with Gasteiger partial charge in [-0.1, -0.05) is 29.8 Å². The van der Waals surface area contributed by atoms with E-state index in [9.17, 15) is 9.59 Å². The van der Waals surface area contributed by atoms with Crippen molar-refractivity contribution in [2.24, 2.45) is 0 Å². The minimum atomic E-state index is -0.496. The van der Waals surface area contributed by atoms with Crippen molar-refractivity contribution in [3.8, 4) is 11.6 Å². The standard InChI is InChI=1S/C27H22ClN3O4/c1-2-34-27(33)22-16-31(15-13-20-19-6-3-4-8-23(19)30-24(20)22)26(32)21-7-5-14-29-25(21)35-18-11-9-17(28)10-12-18/h3-12,14,16,30H,2,13,15H2,1H3. The van der Waals surface area contributed by atoms with E-state index in [-0.39, 0.29) is 24.0 Å². The molecule has 0 spiro atoms. The number of rotatable bonds is 5. The van der Waals surface area contributed by atoms with Gasteiger partial charge in [0.2, 0.25) is 5.88 Å². The Balaban J connectivity index is 1.52. The zero-order valence-corrected chi connectivity index (χ0v) is 19.7.